The third-order valence-electron chi connectivity index (χ3n) is 4.03. The summed E-state index contributed by atoms with van der Waals surface area (Å²) in [6.07, 6.45) is 5.28. The lowest BCUT2D eigenvalue weighted by Gasteiger charge is -2.05. The number of nitrogens with zero attached hydrogens (tertiary/aromatic N) is 3. The number of imidazole rings is 1. The molecule has 4 rings (SSSR count). The maximum Gasteiger partial charge on any atom is 0.149 e. The van der Waals surface area contributed by atoms with E-state index in [1.807, 2.05) is 28.8 Å². The zero-order chi connectivity index (χ0) is 17.4. The van der Waals surface area contributed by atoms with Gasteiger partial charge >= 0.3 is 0 Å². The standard InChI is InChI=1S/C19H14ClN3O2/c1-25-16-8-9-21-11-13(16)17-15-7-2-3-10-23(15)19(22-17)12-5-4-6-14(20)18(12)24/h2-11,24H,1H3. The van der Waals surface area contributed by atoms with Gasteiger partial charge in [-0.25, -0.2) is 4.98 Å². The maximum atomic E-state index is 10.4. The molecule has 6 heteroatoms. The zero-order valence-electron chi connectivity index (χ0n) is 13.3. The Bertz CT molecular complexity index is 1080. The molecule has 25 heavy (non-hydrogen) atoms. The van der Waals surface area contributed by atoms with Crippen LogP contribution in [-0.4, -0.2) is 26.6 Å². The summed E-state index contributed by atoms with van der Waals surface area (Å²) in [5, 5.41) is 10.7. The molecule has 0 aliphatic carbocycles. The van der Waals surface area contributed by atoms with E-state index in [-0.39, 0.29) is 10.8 Å². The number of fused-ring (bicyclic) bond motifs is 1. The first-order valence-electron chi connectivity index (χ1n) is 7.64. The Balaban J connectivity index is 2.04. The van der Waals surface area contributed by atoms with Gasteiger partial charge in [0.25, 0.3) is 0 Å². The van der Waals surface area contributed by atoms with E-state index in [0.717, 1.165) is 16.8 Å². The van der Waals surface area contributed by atoms with Crippen LogP contribution in [0, 0.1) is 0 Å². The van der Waals surface area contributed by atoms with E-state index in [4.69, 9.17) is 21.3 Å². The number of ether oxygens (including phenoxy) is 1. The number of hydrogen-bond acceptors (Lipinski definition) is 4. The maximum absolute atomic E-state index is 10.4. The second kappa shape index (κ2) is 6.11. The summed E-state index contributed by atoms with van der Waals surface area (Å²) in [5.41, 5.74) is 2.94. The van der Waals surface area contributed by atoms with Crippen LogP contribution in [0.1, 0.15) is 0 Å². The molecule has 0 aliphatic heterocycles. The van der Waals surface area contributed by atoms with Crippen molar-refractivity contribution in [3.63, 3.8) is 0 Å². The van der Waals surface area contributed by atoms with Crippen LogP contribution in [0.25, 0.3) is 28.2 Å². The Hall–Kier alpha value is -3.05. The third kappa shape index (κ3) is 2.49. The minimum atomic E-state index is 0.00428. The van der Waals surface area contributed by atoms with E-state index >= 15 is 0 Å². The minimum absolute atomic E-state index is 0.00428. The van der Waals surface area contributed by atoms with E-state index in [1.165, 1.54) is 0 Å². The summed E-state index contributed by atoms with van der Waals surface area (Å²) < 4.78 is 7.36. The molecule has 0 amide bonds. The van der Waals surface area contributed by atoms with Crippen molar-refractivity contribution < 1.29 is 9.84 Å². The second-order valence-electron chi connectivity index (χ2n) is 5.45. The van der Waals surface area contributed by atoms with Crippen LogP contribution >= 0.6 is 11.6 Å². The molecule has 0 fully saturated rings. The molecular weight excluding hydrogens is 338 g/mol. The SMILES string of the molecule is COc1ccncc1-c1nc(-c2cccc(Cl)c2O)n2ccccc12. The molecule has 0 saturated heterocycles. The number of rotatable bonds is 3. The van der Waals surface area contributed by atoms with Crippen molar-refractivity contribution in [2.75, 3.05) is 7.11 Å². The molecule has 4 aromatic rings. The molecule has 124 valence electrons. The third-order valence-corrected chi connectivity index (χ3v) is 4.34. The number of methoxy groups -OCH3 is 1. The predicted molar refractivity (Wildman–Crippen MR) is 97.1 cm³/mol. The summed E-state index contributed by atoms with van der Waals surface area (Å²) in [4.78, 5) is 8.96. The second-order valence-corrected chi connectivity index (χ2v) is 5.86. The Morgan fingerprint density at radius 1 is 1.08 bits per heavy atom. The highest BCUT2D eigenvalue weighted by molar-refractivity contribution is 6.32. The van der Waals surface area contributed by atoms with Crippen molar-refractivity contribution in [1.29, 1.82) is 0 Å². The van der Waals surface area contributed by atoms with Gasteiger partial charge in [0.1, 0.15) is 23.0 Å². The summed E-state index contributed by atoms with van der Waals surface area (Å²) in [6, 6.07) is 12.8. The monoisotopic (exact) mass is 351 g/mol. The Kier molecular flexibility index (Phi) is 3.78. The van der Waals surface area contributed by atoms with Crippen molar-refractivity contribution in [1.82, 2.24) is 14.4 Å². The van der Waals surface area contributed by atoms with Gasteiger partial charge in [0.2, 0.25) is 0 Å². The lowest BCUT2D eigenvalue weighted by molar-refractivity contribution is 0.416. The normalized spacial score (nSPS) is 11.0. The van der Waals surface area contributed by atoms with Crippen LogP contribution < -0.4 is 4.74 Å². The summed E-state index contributed by atoms with van der Waals surface area (Å²) in [5.74, 6) is 1.28. The average molecular weight is 352 g/mol. The predicted octanol–water partition coefficient (Wildman–Crippen LogP) is 4.43. The van der Waals surface area contributed by atoms with Crippen molar-refractivity contribution >= 4 is 17.1 Å². The molecule has 1 aromatic carbocycles. The molecule has 1 N–H and O–H groups in total. The quantitative estimate of drug-likeness (QED) is 0.593. The molecule has 0 aliphatic rings. The van der Waals surface area contributed by atoms with Gasteiger partial charge in [-0.05, 0) is 30.3 Å². The first-order valence-corrected chi connectivity index (χ1v) is 8.02. The highest BCUT2D eigenvalue weighted by Crippen LogP contribution is 2.38. The largest absolute Gasteiger partial charge is 0.506 e. The van der Waals surface area contributed by atoms with Gasteiger partial charge in [0, 0.05) is 18.6 Å². The highest BCUT2D eigenvalue weighted by atomic mass is 35.5. The van der Waals surface area contributed by atoms with E-state index in [2.05, 4.69) is 4.98 Å². The van der Waals surface area contributed by atoms with Crippen molar-refractivity contribution in [3.05, 3.63) is 66.1 Å². The number of aromatic nitrogens is 3. The van der Waals surface area contributed by atoms with Crippen molar-refractivity contribution in [2.24, 2.45) is 0 Å². The number of hydrogen-bond donors (Lipinski definition) is 1. The summed E-state index contributed by atoms with van der Waals surface area (Å²) in [6.45, 7) is 0. The van der Waals surface area contributed by atoms with Gasteiger partial charge in [-0.15, -0.1) is 0 Å². The number of phenols is 1. The molecule has 0 bridgehead atoms. The Labute approximate surface area is 149 Å². The Morgan fingerprint density at radius 3 is 2.80 bits per heavy atom. The molecule has 0 radical (unpaired) electrons. The smallest absolute Gasteiger partial charge is 0.149 e. The van der Waals surface area contributed by atoms with Crippen molar-refractivity contribution in [2.45, 2.75) is 0 Å². The van der Waals surface area contributed by atoms with Gasteiger partial charge in [-0.2, -0.15) is 0 Å². The van der Waals surface area contributed by atoms with Crippen molar-refractivity contribution in [3.8, 4) is 34.1 Å². The zero-order valence-corrected chi connectivity index (χ0v) is 14.1. The number of phenolic OH excluding ortho intramolecular Hbond substituents is 1. The number of halogens is 1. The topological polar surface area (TPSA) is 59.7 Å². The molecule has 5 nitrogen and oxygen atoms in total. The number of pyridine rings is 2. The summed E-state index contributed by atoms with van der Waals surface area (Å²) >= 11 is 6.07. The van der Waals surface area contributed by atoms with Crippen LogP contribution in [0.15, 0.2) is 61.1 Å². The first-order chi connectivity index (χ1) is 12.2. The molecule has 0 atom stereocenters. The molecule has 0 spiro atoms. The fourth-order valence-corrected chi connectivity index (χ4v) is 3.03. The van der Waals surface area contributed by atoms with E-state index in [1.54, 1.807) is 43.8 Å². The van der Waals surface area contributed by atoms with Gasteiger partial charge in [0.05, 0.1) is 28.8 Å². The molecular formula is C19H14ClN3O2. The summed E-state index contributed by atoms with van der Waals surface area (Å²) in [7, 11) is 1.61. The van der Waals surface area contributed by atoms with Crippen LogP contribution in [0.4, 0.5) is 0 Å². The van der Waals surface area contributed by atoms with Crippen LogP contribution in [0.2, 0.25) is 5.02 Å². The highest BCUT2D eigenvalue weighted by Gasteiger charge is 2.19. The van der Waals surface area contributed by atoms with Gasteiger partial charge in [-0.3, -0.25) is 9.38 Å². The van der Waals surface area contributed by atoms with Crippen LogP contribution in [-0.2, 0) is 0 Å². The van der Waals surface area contributed by atoms with Crippen LogP contribution in [0.5, 0.6) is 11.5 Å². The Morgan fingerprint density at radius 2 is 1.96 bits per heavy atom. The average Bonchev–Trinajstić information content (AvgIpc) is 3.03. The number of aromatic hydroxyl groups is 1. The van der Waals surface area contributed by atoms with Crippen LogP contribution in [0.3, 0.4) is 0 Å². The molecule has 3 heterocycles. The van der Waals surface area contributed by atoms with E-state index in [0.29, 0.717) is 17.1 Å². The minimum Gasteiger partial charge on any atom is -0.506 e. The van der Waals surface area contributed by atoms with Gasteiger partial charge in [-0.1, -0.05) is 23.7 Å². The molecule has 3 aromatic heterocycles. The number of para-hydroxylation sites is 1. The fourth-order valence-electron chi connectivity index (χ4n) is 2.86. The fraction of sp³-hybridized carbons (Fsp3) is 0.0526. The number of benzene rings is 1. The first kappa shape index (κ1) is 15.5. The lowest BCUT2D eigenvalue weighted by atomic mass is 10.1. The van der Waals surface area contributed by atoms with Gasteiger partial charge in [0.15, 0.2) is 0 Å². The van der Waals surface area contributed by atoms with Gasteiger partial charge < -0.3 is 9.84 Å². The molecule has 0 unspecified atom stereocenters. The molecule has 0 saturated carbocycles. The van der Waals surface area contributed by atoms with E-state index < -0.39 is 0 Å². The van der Waals surface area contributed by atoms with E-state index in [9.17, 15) is 5.11 Å². The lowest BCUT2D eigenvalue weighted by Crippen LogP contribution is -1.89.